The van der Waals surface area contributed by atoms with Crippen molar-refractivity contribution in [2.75, 3.05) is 4.90 Å². The van der Waals surface area contributed by atoms with Gasteiger partial charge in [0.1, 0.15) is 0 Å². The van der Waals surface area contributed by atoms with Crippen molar-refractivity contribution in [3.05, 3.63) is 25.8 Å². The molecule has 0 saturated carbocycles. The summed E-state index contributed by atoms with van der Waals surface area (Å²) in [6, 6.07) is 2.24. The van der Waals surface area contributed by atoms with Crippen molar-refractivity contribution in [3.63, 3.8) is 0 Å². The van der Waals surface area contributed by atoms with Crippen molar-refractivity contribution in [3.8, 4) is 5.75 Å². The molecule has 0 aliphatic rings. The molecule has 1 amide bonds. The average Bonchev–Trinajstić information content (AvgIpc) is 2.21. The molecule has 0 aromatic heterocycles. The van der Waals surface area contributed by atoms with E-state index in [2.05, 4.69) is 0 Å². The molecule has 1 rings (SSSR count). The second kappa shape index (κ2) is 5.19. The summed E-state index contributed by atoms with van der Waals surface area (Å²) in [5, 5.41) is 30.0. The summed E-state index contributed by atoms with van der Waals surface area (Å²) in [6.45, 7) is 4.89. The first kappa shape index (κ1) is 15.5. The van der Waals surface area contributed by atoms with E-state index in [9.17, 15) is 25.1 Å². The number of aromatic hydroxyl groups is 1. The van der Waals surface area contributed by atoms with Crippen LogP contribution >= 0.6 is 22.6 Å². The zero-order valence-electron chi connectivity index (χ0n) is 10.5. The third kappa shape index (κ3) is 3.25. The normalized spacial score (nSPS) is 11.2. The Balaban J connectivity index is 3.55. The minimum atomic E-state index is -1.29. The van der Waals surface area contributed by atoms with Gasteiger partial charge in [-0.2, -0.15) is 0 Å². The minimum absolute atomic E-state index is 0.0985. The topological polar surface area (TPSA) is 104 Å². The highest BCUT2D eigenvalue weighted by Gasteiger charge is 2.32. The molecule has 2 N–H and O–H groups in total. The Morgan fingerprint density at radius 3 is 2.32 bits per heavy atom. The lowest BCUT2D eigenvalue weighted by Crippen LogP contribution is -2.45. The summed E-state index contributed by atoms with van der Waals surface area (Å²) in [5.74, 6) is -0.288. The third-order valence-electron chi connectivity index (χ3n) is 2.34. The van der Waals surface area contributed by atoms with Gasteiger partial charge in [0.2, 0.25) is 0 Å². The fourth-order valence-electron chi connectivity index (χ4n) is 1.60. The zero-order chi connectivity index (χ0) is 15.0. The van der Waals surface area contributed by atoms with Crippen molar-refractivity contribution in [1.29, 1.82) is 0 Å². The van der Waals surface area contributed by atoms with E-state index >= 15 is 0 Å². The maximum absolute atomic E-state index is 11.3. The Morgan fingerprint density at radius 2 is 1.95 bits per heavy atom. The number of rotatable bonds is 2. The standard InChI is InChI=1S/C11H13IN2O5/c1-11(2,3)13(10(16)17)8-5-6(14(18)19)4-7(12)9(8)15/h4-5,15H,1-3H3,(H,16,17). The highest BCUT2D eigenvalue weighted by Crippen LogP contribution is 2.39. The van der Waals surface area contributed by atoms with E-state index in [4.69, 9.17) is 0 Å². The number of phenolic OH excluding ortho intramolecular Hbond substituents is 1. The van der Waals surface area contributed by atoms with Crippen LogP contribution in [0.5, 0.6) is 5.75 Å². The van der Waals surface area contributed by atoms with Gasteiger partial charge >= 0.3 is 6.09 Å². The van der Waals surface area contributed by atoms with E-state index in [0.717, 1.165) is 11.0 Å². The number of benzene rings is 1. The molecule has 8 heteroatoms. The van der Waals surface area contributed by atoms with Crippen LogP contribution < -0.4 is 4.90 Å². The molecule has 0 aliphatic heterocycles. The van der Waals surface area contributed by atoms with Gasteiger partial charge in [-0.15, -0.1) is 0 Å². The molecule has 0 unspecified atom stereocenters. The van der Waals surface area contributed by atoms with Gasteiger partial charge in [-0.1, -0.05) is 0 Å². The first-order valence-corrected chi connectivity index (χ1v) is 6.33. The number of carboxylic acid groups (broad SMARTS) is 1. The van der Waals surface area contributed by atoms with Crippen LogP contribution in [0.4, 0.5) is 16.2 Å². The maximum Gasteiger partial charge on any atom is 0.412 e. The van der Waals surface area contributed by atoms with Crippen LogP contribution in [0, 0.1) is 13.7 Å². The Kier molecular flexibility index (Phi) is 4.23. The lowest BCUT2D eigenvalue weighted by atomic mass is 10.0. The number of hydrogen-bond acceptors (Lipinski definition) is 4. The fourth-order valence-corrected chi connectivity index (χ4v) is 2.19. The number of nitrogens with zero attached hydrogens (tertiary/aromatic N) is 2. The summed E-state index contributed by atoms with van der Waals surface area (Å²) in [6.07, 6.45) is -1.29. The van der Waals surface area contributed by atoms with Gasteiger partial charge in [0.15, 0.2) is 5.75 Å². The van der Waals surface area contributed by atoms with E-state index < -0.39 is 16.6 Å². The molecule has 0 radical (unpaired) electrons. The molecule has 0 aliphatic carbocycles. The summed E-state index contributed by atoms with van der Waals surface area (Å²) < 4.78 is 0.220. The largest absolute Gasteiger partial charge is 0.505 e. The lowest BCUT2D eigenvalue weighted by molar-refractivity contribution is -0.384. The lowest BCUT2D eigenvalue weighted by Gasteiger charge is -2.33. The first-order valence-electron chi connectivity index (χ1n) is 5.25. The highest BCUT2D eigenvalue weighted by atomic mass is 127. The van der Waals surface area contributed by atoms with Crippen LogP contribution in [0.1, 0.15) is 20.8 Å². The zero-order valence-corrected chi connectivity index (χ0v) is 12.7. The number of carbonyl (C=O) groups is 1. The Hall–Kier alpha value is -1.58. The van der Waals surface area contributed by atoms with Gasteiger partial charge < -0.3 is 10.2 Å². The molecule has 1 aromatic rings. The van der Waals surface area contributed by atoms with Crippen LogP contribution in [0.25, 0.3) is 0 Å². The van der Waals surface area contributed by atoms with Crippen LogP contribution in [0.15, 0.2) is 12.1 Å². The molecule has 0 fully saturated rings. The predicted octanol–water partition coefficient (Wildman–Crippen LogP) is 3.19. The molecule has 7 nitrogen and oxygen atoms in total. The molecular formula is C11H13IN2O5. The van der Waals surface area contributed by atoms with Gasteiger partial charge in [-0.3, -0.25) is 15.0 Å². The minimum Gasteiger partial charge on any atom is -0.505 e. The number of phenols is 1. The summed E-state index contributed by atoms with van der Waals surface area (Å²) in [7, 11) is 0. The van der Waals surface area contributed by atoms with E-state index in [0.29, 0.717) is 0 Å². The van der Waals surface area contributed by atoms with Crippen LogP contribution in [0.3, 0.4) is 0 Å². The Morgan fingerprint density at radius 1 is 1.42 bits per heavy atom. The van der Waals surface area contributed by atoms with E-state index in [1.54, 1.807) is 43.4 Å². The number of anilines is 1. The van der Waals surface area contributed by atoms with E-state index in [1.165, 1.54) is 6.07 Å². The Labute approximate surface area is 123 Å². The van der Waals surface area contributed by atoms with E-state index in [1.807, 2.05) is 0 Å². The van der Waals surface area contributed by atoms with Crippen LogP contribution in [-0.2, 0) is 0 Å². The van der Waals surface area contributed by atoms with Gasteiger partial charge in [0.25, 0.3) is 5.69 Å². The molecule has 1 aromatic carbocycles. The molecule has 0 heterocycles. The number of nitro groups is 1. The van der Waals surface area contributed by atoms with Gasteiger partial charge in [0.05, 0.1) is 14.2 Å². The fraction of sp³-hybridized carbons (Fsp3) is 0.364. The average molecular weight is 380 g/mol. The number of hydrogen-bond donors (Lipinski definition) is 2. The van der Waals surface area contributed by atoms with Crippen molar-refractivity contribution < 1.29 is 19.9 Å². The van der Waals surface area contributed by atoms with Gasteiger partial charge in [-0.05, 0) is 43.4 Å². The Bertz CT molecular complexity index is 539. The molecule has 0 atom stereocenters. The van der Waals surface area contributed by atoms with Crippen molar-refractivity contribution in [2.24, 2.45) is 0 Å². The molecular weight excluding hydrogens is 367 g/mol. The van der Waals surface area contributed by atoms with Crippen LogP contribution in [0.2, 0.25) is 0 Å². The second-order valence-corrected chi connectivity index (χ2v) is 6.00. The van der Waals surface area contributed by atoms with Gasteiger partial charge in [-0.25, -0.2) is 4.79 Å². The smallest absolute Gasteiger partial charge is 0.412 e. The maximum atomic E-state index is 11.3. The molecule has 104 valence electrons. The monoisotopic (exact) mass is 380 g/mol. The number of nitro benzene ring substituents is 1. The third-order valence-corrected chi connectivity index (χ3v) is 3.16. The molecule has 0 saturated heterocycles. The van der Waals surface area contributed by atoms with E-state index in [-0.39, 0.29) is 20.7 Å². The second-order valence-electron chi connectivity index (χ2n) is 4.84. The van der Waals surface area contributed by atoms with Crippen molar-refractivity contribution >= 4 is 40.1 Å². The van der Waals surface area contributed by atoms with Crippen molar-refractivity contribution in [1.82, 2.24) is 0 Å². The molecule has 0 spiro atoms. The number of halogens is 1. The number of amides is 1. The quantitative estimate of drug-likeness (QED) is 0.466. The van der Waals surface area contributed by atoms with Crippen LogP contribution in [-0.4, -0.2) is 26.8 Å². The summed E-state index contributed by atoms with van der Waals surface area (Å²) >= 11 is 1.72. The SMILES string of the molecule is CC(C)(C)N(C(=O)O)c1cc([N+](=O)[O-])cc(I)c1O. The highest BCUT2D eigenvalue weighted by molar-refractivity contribution is 14.1. The summed E-state index contributed by atoms with van der Waals surface area (Å²) in [5.41, 5.74) is -1.21. The van der Waals surface area contributed by atoms with Gasteiger partial charge in [0, 0.05) is 17.7 Å². The summed E-state index contributed by atoms with van der Waals surface area (Å²) in [4.78, 5) is 22.4. The first-order chi connectivity index (χ1) is 8.55. The molecule has 19 heavy (non-hydrogen) atoms. The predicted molar refractivity (Wildman–Crippen MR) is 77.7 cm³/mol. The van der Waals surface area contributed by atoms with Crippen molar-refractivity contribution in [2.45, 2.75) is 26.3 Å². The molecule has 0 bridgehead atoms. The number of non-ortho nitro benzene ring substituents is 1.